The first-order chi connectivity index (χ1) is 9.66. The van der Waals surface area contributed by atoms with Crippen LogP contribution in [-0.2, 0) is 0 Å². The molecule has 0 bridgehead atoms. The molecule has 0 aromatic heterocycles. The molecule has 1 heterocycles. The molecule has 1 aliphatic heterocycles. The number of hydrogen-bond donors (Lipinski definition) is 1. The number of anilines is 1. The minimum absolute atomic E-state index is 0.116. The molecule has 1 aliphatic carbocycles. The highest BCUT2D eigenvalue weighted by Crippen LogP contribution is 2.36. The zero-order valence-electron chi connectivity index (χ0n) is 11.6. The zero-order valence-corrected chi connectivity index (χ0v) is 12.4. The van der Waals surface area contributed by atoms with Crippen LogP contribution in [0, 0.1) is 5.92 Å². The number of carbonyl (C=O) groups excluding carboxylic acids is 1. The van der Waals surface area contributed by atoms with E-state index in [4.69, 9.17) is 17.3 Å². The number of halogens is 1. The van der Waals surface area contributed by atoms with Crippen LogP contribution in [0.15, 0.2) is 18.2 Å². The van der Waals surface area contributed by atoms with Crippen LogP contribution in [0.25, 0.3) is 0 Å². The van der Waals surface area contributed by atoms with Gasteiger partial charge in [-0.3, -0.25) is 4.79 Å². The maximum Gasteiger partial charge on any atom is 0.254 e. The molecule has 2 N–H and O–H groups in total. The summed E-state index contributed by atoms with van der Waals surface area (Å²) in [4.78, 5) is 14.8. The van der Waals surface area contributed by atoms with Crippen molar-refractivity contribution in [2.45, 2.75) is 44.6 Å². The largest absolute Gasteiger partial charge is 0.398 e. The Hall–Kier alpha value is -1.22. The molecule has 2 fully saturated rings. The molecule has 1 saturated heterocycles. The Bertz CT molecular complexity index is 515. The van der Waals surface area contributed by atoms with Gasteiger partial charge in [-0.05, 0) is 49.8 Å². The average Bonchev–Trinajstić information content (AvgIpc) is 2.49. The quantitative estimate of drug-likeness (QED) is 0.802. The van der Waals surface area contributed by atoms with Crippen LogP contribution in [0.5, 0.6) is 0 Å². The summed E-state index contributed by atoms with van der Waals surface area (Å²) in [6.07, 6.45) is 7.38. The van der Waals surface area contributed by atoms with E-state index >= 15 is 0 Å². The van der Waals surface area contributed by atoms with Crippen molar-refractivity contribution in [1.29, 1.82) is 0 Å². The molecule has 1 saturated carbocycles. The van der Waals surface area contributed by atoms with E-state index in [1.807, 2.05) is 0 Å². The highest BCUT2D eigenvalue weighted by molar-refractivity contribution is 6.33. The number of nitrogens with zero attached hydrogens (tertiary/aromatic N) is 1. The van der Waals surface area contributed by atoms with Crippen molar-refractivity contribution in [3.8, 4) is 0 Å². The van der Waals surface area contributed by atoms with Crippen LogP contribution < -0.4 is 5.73 Å². The van der Waals surface area contributed by atoms with E-state index in [0.29, 0.717) is 28.2 Å². The number of carbonyl (C=O) groups is 1. The lowest BCUT2D eigenvalue weighted by molar-refractivity contribution is 0.0391. The summed E-state index contributed by atoms with van der Waals surface area (Å²) in [7, 11) is 0. The summed E-state index contributed by atoms with van der Waals surface area (Å²) in [6, 6.07) is 5.64. The van der Waals surface area contributed by atoms with Crippen LogP contribution in [0.2, 0.25) is 5.02 Å². The monoisotopic (exact) mass is 292 g/mol. The normalized spacial score (nSPS) is 26.1. The van der Waals surface area contributed by atoms with Gasteiger partial charge < -0.3 is 10.6 Å². The number of hydrogen-bond acceptors (Lipinski definition) is 2. The number of piperidine rings is 1. The molecule has 1 amide bonds. The van der Waals surface area contributed by atoms with Gasteiger partial charge >= 0.3 is 0 Å². The van der Waals surface area contributed by atoms with E-state index in [2.05, 4.69) is 4.90 Å². The lowest BCUT2D eigenvalue weighted by atomic mass is 9.78. The summed E-state index contributed by atoms with van der Waals surface area (Å²) in [5, 5.41) is 0.510. The van der Waals surface area contributed by atoms with Gasteiger partial charge in [-0.25, -0.2) is 0 Å². The molecular weight excluding hydrogens is 272 g/mol. The number of likely N-dealkylation sites (tertiary alicyclic amines) is 1. The summed E-state index contributed by atoms with van der Waals surface area (Å²) in [5.41, 5.74) is 6.96. The SMILES string of the molecule is Nc1cc(C(=O)N2CCCC3CCCCC32)ccc1Cl. The molecule has 20 heavy (non-hydrogen) atoms. The molecule has 1 aromatic carbocycles. The fraction of sp³-hybridized carbons (Fsp3) is 0.562. The van der Waals surface area contributed by atoms with E-state index in [1.54, 1.807) is 18.2 Å². The van der Waals surface area contributed by atoms with Crippen LogP contribution in [0.4, 0.5) is 5.69 Å². The van der Waals surface area contributed by atoms with Gasteiger partial charge in [0.15, 0.2) is 0 Å². The van der Waals surface area contributed by atoms with E-state index in [9.17, 15) is 4.79 Å². The summed E-state index contributed by atoms with van der Waals surface area (Å²) in [6.45, 7) is 0.878. The van der Waals surface area contributed by atoms with Gasteiger partial charge in [0.05, 0.1) is 10.7 Å². The van der Waals surface area contributed by atoms with Crippen molar-refractivity contribution < 1.29 is 4.79 Å². The molecular formula is C16H21ClN2O. The van der Waals surface area contributed by atoms with Gasteiger partial charge in [0.2, 0.25) is 0 Å². The highest BCUT2D eigenvalue weighted by Gasteiger charge is 2.35. The molecule has 0 spiro atoms. The van der Waals surface area contributed by atoms with Gasteiger partial charge in [-0.2, -0.15) is 0 Å². The topological polar surface area (TPSA) is 46.3 Å². The Morgan fingerprint density at radius 3 is 2.75 bits per heavy atom. The lowest BCUT2D eigenvalue weighted by Gasteiger charge is -2.44. The van der Waals surface area contributed by atoms with Gasteiger partial charge in [0.25, 0.3) is 5.91 Å². The lowest BCUT2D eigenvalue weighted by Crippen LogP contribution is -2.49. The third-order valence-corrected chi connectivity index (χ3v) is 5.09. The van der Waals surface area contributed by atoms with E-state index in [-0.39, 0.29) is 5.91 Å². The fourth-order valence-corrected chi connectivity index (χ4v) is 3.84. The third-order valence-electron chi connectivity index (χ3n) is 4.75. The van der Waals surface area contributed by atoms with Crippen LogP contribution >= 0.6 is 11.6 Å². The molecule has 3 rings (SSSR count). The van der Waals surface area contributed by atoms with Crippen molar-refractivity contribution in [2.75, 3.05) is 12.3 Å². The minimum atomic E-state index is 0.116. The Kier molecular flexibility index (Phi) is 3.88. The Balaban J connectivity index is 1.83. The summed E-state index contributed by atoms with van der Waals surface area (Å²) in [5.74, 6) is 0.816. The molecule has 1 aromatic rings. The van der Waals surface area contributed by atoms with Crippen molar-refractivity contribution in [1.82, 2.24) is 4.90 Å². The Morgan fingerprint density at radius 2 is 1.95 bits per heavy atom. The maximum atomic E-state index is 12.7. The third kappa shape index (κ3) is 2.51. The van der Waals surface area contributed by atoms with Crippen LogP contribution in [0.1, 0.15) is 48.9 Å². The van der Waals surface area contributed by atoms with Crippen molar-refractivity contribution in [3.05, 3.63) is 28.8 Å². The van der Waals surface area contributed by atoms with Gasteiger partial charge in [-0.15, -0.1) is 0 Å². The standard InChI is InChI=1S/C16H21ClN2O/c17-13-8-7-12(10-14(13)18)16(20)19-9-3-5-11-4-1-2-6-15(11)19/h7-8,10-11,15H,1-6,9,18H2. The fourth-order valence-electron chi connectivity index (χ4n) is 3.72. The first kappa shape index (κ1) is 13.7. The molecule has 2 unspecified atom stereocenters. The highest BCUT2D eigenvalue weighted by atomic mass is 35.5. The second-order valence-electron chi connectivity index (χ2n) is 5.99. The van der Waals surface area contributed by atoms with E-state index < -0.39 is 0 Å². The number of benzene rings is 1. The molecule has 3 nitrogen and oxygen atoms in total. The van der Waals surface area contributed by atoms with E-state index in [0.717, 1.165) is 19.4 Å². The minimum Gasteiger partial charge on any atom is -0.398 e. The Labute approximate surface area is 125 Å². The average molecular weight is 293 g/mol. The van der Waals surface area contributed by atoms with Gasteiger partial charge in [0, 0.05) is 18.2 Å². The molecule has 4 heteroatoms. The number of amides is 1. The molecule has 2 atom stereocenters. The number of nitrogen functional groups attached to an aromatic ring is 1. The second kappa shape index (κ2) is 5.65. The first-order valence-corrected chi connectivity index (χ1v) is 7.90. The van der Waals surface area contributed by atoms with Crippen LogP contribution in [0.3, 0.4) is 0 Å². The number of fused-ring (bicyclic) bond motifs is 1. The van der Waals surface area contributed by atoms with Gasteiger partial charge in [0.1, 0.15) is 0 Å². The zero-order chi connectivity index (χ0) is 14.1. The predicted octanol–water partition coefficient (Wildman–Crippen LogP) is 3.72. The van der Waals surface area contributed by atoms with Crippen molar-refractivity contribution in [3.63, 3.8) is 0 Å². The molecule has 108 valence electrons. The summed E-state index contributed by atoms with van der Waals surface area (Å²) < 4.78 is 0. The molecule has 2 aliphatic rings. The van der Waals surface area contributed by atoms with Crippen molar-refractivity contribution >= 4 is 23.2 Å². The number of nitrogens with two attached hydrogens (primary N) is 1. The smallest absolute Gasteiger partial charge is 0.254 e. The predicted molar refractivity (Wildman–Crippen MR) is 81.9 cm³/mol. The van der Waals surface area contributed by atoms with Crippen molar-refractivity contribution in [2.24, 2.45) is 5.92 Å². The van der Waals surface area contributed by atoms with Gasteiger partial charge in [-0.1, -0.05) is 24.4 Å². The van der Waals surface area contributed by atoms with Crippen LogP contribution in [-0.4, -0.2) is 23.4 Å². The molecule has 0 radical (unpaired) electrons. The Morgan fingerprint density at radius 1 is 1.20 bits per heavy atom. The number of rotatable bonds is 1. The first-order valence-electron chi connectivity index (χ1n) is 7.53. The van der Waals surface area contributed by atoms with E-state index in [1.165, 1.54) is 25.7 Å². The maximum absolute atomic E-state index is 12.7. The second-order valence-corrected chi connectivity index (χ2v) is 6.40. The summed E-state index contributed by atoms with van der Waals surface area (Å²) >= 11 is 5.93.